The van der Waals surface area contributed by atoms with Crippen molar-refractivity contribution in [3.8, 4) is 5.75 Å². The molecule has 0 saturated carbocycles. The van der Waals surface area contributed by atoms with Crippen molar-refractivity contribution in [2.24, 2.45) is 5.73 Å². The molecule has 0 heterocycles. The van der Waals surface area contributed by atoms with E-state index >= 15 is 0 Å². The first-order valence-electron chi connectivity index (χ1n) is 4.52. The van der Waals surface area contributed by atoms with Gasteiger partial charge in [0.05, 0.1) is 7.11 Å². The van der Waals surface area contributed by atoms with Gasteiger partial charge < -0.3 is 15.6 Å². The molecule has 0 aromatic heterocycles. The molecular formula is C11H9NO4. The molecule has 3 N–H and O–H groups in total. The molecule has 1 aromatic rings. The largest absolute Gasteiger partial charge is 0.505 e. The topological polar surface area (TPSA) is 89.6 Å². The lowest BCUT2D eigenvalue weighted by Gasteiger charge is -2.15. The van der Waals surface area contributed by atoms with Gasteiger partial charge in [0.15, 0.2) is 5.76 Å². The third kappa shape index (κ3) is 1.25. The van der Waals surface area contributed by atoms with Crippen molar-refractivity contribution in [2.45, 2.75) is 0 Å². The second-order valence-electron chi connectivity index (χ2n) is 3.33. The Morgan fingerprint density at radius 3 is 2.50 bits per heavy atom. The number of carbonyl (C=O) groups excluding carboxylic acids is 2. The maximum Gasteiger partial charge on any atom is 0.252 e. The molecular weight excluding hydrogens is 210 g/mol. The minimum atomic E-state index is -0.891. The first-order valence-corrected chi connectivity index (χ1v) is 4.52. The zero-order valence-electron chi connectivity index (χ0n) is 8.48. The van der Waals surface area contributed by atoms with Gasteiger partial charge in [0.2, 0.25) is 5.78 Å². The number of hydrogen-bond donors (Lipinski definition) is 2. The number of nitrogens with two attached hydrogens (primary N) is 1. The third-order valence-electron chi connectivity index (χ3n) is 2.43. The Bertz CT molecular complexity index is 531. The van der Waals surface area contributed by atoms with Crippen LogP contribution in [0.5, 0.6) is 5.75 Å². The zero-order valence-corrected chi connectivity index (χ0v) is 8.48. The number of aliphatic hydroxyl groups is 1. The van der Waals surface area contributed by atoms with Crippen LogP contribution in [0, 0.1) is 0 Å². The predicted molar refractivity (Wildman–Crippen MR) is 56.1 cm³/mol. The summed E-state index contributed by atoms with van der Waals surface area (Å²) >= 11 is 0. The highest BCUT2D eigenvalue weighted by Crippen LogP contribution is 2.28. The summed E-state index contributed by atoms with van der Waals surface area (Å²) in [6.45, 7) is 0. The van der Waals surface area contributed by atoms with E-state index in [0.717, 1.165) is 0 Å². The fraction of sp³-hybridized carbons (Fsp3) is 0.0909. The smallest absolute Gasteiger partial charge is 0.252 e. The molecule has 0 fully saturated rings. The molecule has 1 aromatic carbocycles. The predicted octanol–water partition coefficient (Wildman–Crippen LogP) is 0.646. The van der Waals surface area contributed by atoms with E-state index in [1.165, 1.54) is 19.2 Å². The molecule has 82 valence electrons. The van der Waals surface area contributed by atoms with Crippen molar-refractivity contribution in [1.29, 1.82) is 0 Å². The van der Waals surface area contributed by atoms with Crippen molar-refractivity contribution >= 4 is 17.3 Å². The van der Waals surface area contributed by atoms with Crippen molar-refractivity contribution in [1.82, 2.24) is 0 Å². The van der Waals surface area contributed by atoms with E-state index in [-0.39, 0.29) is 16.9 Å². The summed E-state index contributed by atoms with van der Waals surface area (Å²) < 4.78 is 4.93. The van der Waals surface area contributed by atoms with E-state index in [0.29, 0.717) is 5.75 Å². The highest BCUT2D eigenvalue weighted by molar-refractivity contribution is 6.52. The lowest BCUT2D eigenvalue weighted by Crippen LogP contribution is -2.28. The quantitative estimate of drug-likeness (QED) is 0.676. The highest BCUT2D eigenvalue weighted by atomic mass is 16.5. The Morgan fingerprint density at radius 1 is 1.19 bits per heavy atom. The number of rotatable bonds is 1. The third-order valence-corrected chi connectivity index (χ3v) is 2.43. The standard InChI is InChI=1S/C11H9NO4/c1-16-5-2-3-6-7(4-5)10(14)11(15)8(12)9(6)13/h2-4,13H,12H2,1H3. The van der Waals surface area contributed by atoms with E-state index < -0.39 is 17.3 Å². The molecule has 0 atom stereocenters. The van der Waals surface area contributed by atoms with Crippen LogP contribution in [0.2, 0.25) is 0 Å². The van der Waals surface area contributed by atoms with E-state index in [1.54, 1.807) is 6.07 Å². The summed E-state index contributed by atoms with van der Waals surface area (Å²) in [5.41, 5.74) is 5.27. The van der Waals surface area contributed by atoms with Crippen LogP contribution in [0.1, 0.15) is 15.9 Å². The Kier molecular flexibility index (Phi) is 2.16. The number of Topliss-reactive ketones (excluding diaryl/α,β-unsaturated/α-hetero) is 2. The van der Waals surface area contributed by atoms with Crippen LogP contribution in [0.25, 0.3) is 5.76 Å². The monoisotopic (exact) mass is 219 g/mol. The Labute approximate surface area is 91.1 Å². The second-order valence-corrected chi connectivity index (χ2v) is 3.33. The van der Waals surface area contributed by atoms with E-state index in [2.05, 4.69) is 0 Å². The summed E-state index contributed by atoms with van der Waals surface area (Å²) in [7, 11) is 1.45. The first-order chi connectivity index (χ1) is 7.56. The summed E-state index contributed by atoms with van der Waals surface area (Å²) in [6.07, 6.45) is 0. The molecule has 5 nitrogen and oxygen atoms in total. The Balaban J connectivity index is 2.71. The van der Waals surface area contributed by atoms with Crippen LogP contribution in [-0.2, 0) is 4.79 Å². The fourth-order valence-corrected chi connectivity index (χ4v) is 1.54. The van der Waals surface area contributed by atoms with Crippen LogP contribution in [0.4, 0.5) is 0 Å². The molecule has 16 heavy (non-hydrogen) atoms. The van der Waals surface area contributed by atoms with E-state index in [9.17, 15) is 14.7 Å². The molecule has 1 aliphatic rings. The van der Waals surface area contributed by atoms with Gasteiger partial charge in [0, 0.05) is 11.1 Å². The second kappa shape index (κ2) is 3.37. The Hall–Kier alpha value is -2.30. The summed E-state index contributed by atoms with van der Waals surface area (Å²) in [5.74, 6) is -1.54. The van der Waals surface area contributed by atoms with Crippen LogP contribution >= 0.6 is 0 Å². The minimum Gasteiger partial charge on any atom is -0.505 e. The fourth-order valence-electron chi connectivity index (χ4n) is 1.54. The van der Waals surface area contributed by atoms with Gasteiger partial charge in [-0.25, -0.2) is 0 Å². The molecule has 0 bridgehead atoms. The normalized spacial score (nSPS) is 15.1. The number of ether oxygens (including phenoxy) is 1. The number of aliphatic hydroxyl groups excluding tert-OH is 1. The molecule has 0 aliphatic heterocycles. The number of carbonyl (C=O) groups is 2. The minimum absolute atomic E-state index is 0.107. The van der Waals surface area contributed by atoms with Crippen molar-refractivity contribution in [2.75, 3.05) is 7.11 Å². The molecule has 1 aliphatic carbocycles. The average molecular weight is 219 g/mol. The van der Waals surface area contributed by atoms with Gasteiger partial charge in [-0.05, 0) is 18.2 Å². The van der Waals surface area contributed by atoms with Gasteiger partial charge in [0.1, 0.15) is 11.4 Å². The molecule has 0 amide bonds. The zero-order chi connectivity index (χ0) is 11.9. The summed E-state index contributed by atoms with van der Waals surface area (Å²) in [6, 6.07) is 4.46. The molecule has 0 unspecified atom stereocenters. The molecule has 5 heteroatoms. The maximum atomic E-state index is 11.6. The molecule has 0 spiro atoms. The Morgan fingerprint density at radius 2 is 1.88 bits per heavy atom. The van der Waals surface area contributed by atoms with Crippen LogP contribution < -0.4 is 10.5 Å². The average Bonchev–Trinajstić information content (AvgIpc) is 2.33. The molecule has 0 saturated heterocycles. The number of allylic oxidation sites excluding steroid dienone is 1. The van der Waals surface area contributed by atoms with Crippen LogP contribution in [-0.4, -0.2) is 23.8 Å². The van der Waals surface area contributed by atoms with Gasteiger partial charge in [-0.15, -0.1) is 0 Å². The molecule has 0 radical (unpaired) electrons. The van der Waals surface area contributed by atoms with Gasteiger partial charge >= 0.3 is 0 Å². The van der Waals surface area contributed by atoms with Crippen molar-refractivity contribution < 1.29 is 19.4 Å². The maximum absolute atomic E-state index is 11.6. The van der Waals surface area contributed by atoms with E-state index in [1.807, 2.05) is 0 Å². The lowest BCUT2D eigenvalue weighted by molar-refractivity contribution is -0.112. The van der Waals surface area contributed by atoms with Crippen molar-refractivity contribution in [3.05, 3.63) is 35.0 Å². The number of ketones is 2. The van der Waals surface area contributed by atoms with Crippen LogP contribution in [0.3, 0.4) is 0 Å². The van der Waals surface area contributed by atoms with Gasteiger partial charge in [0.25, 0.3) is 5.78 Å². The van der Waals surface area contributed by atoms with Gasteiger partial charge in [-0.3, -0.25) is 9.59 Å². The summed E-state index contributed by atoms with van der Waals surface area (Å²) in [4.78, 5) is 23.0. The van der Waals surface area contributed by atoms with Gasteiger partial charge in [-0.1, -0.05) is 0 Å². The summed E-state index contributed by atoms with van der Waals surface area (Å²) in [5, 5.41) is 9.62. The number of benzene rings is 1. The molecule has 2 rings (SSSR count). The van der Waals surface area contributed by atoms with Crippen molar-refractivity contribution in [3.63, 3.8) is 0 Å². The number of hydrogen-bond acceptors (Lipinski definition) is 5. The van der Waals surface area contributed by atoms with Gasteiger partial charge in [-0.2, -0.15) is 0 Å². The van der Waals surface area contributed by atoms with Crippen LogP contribution in [0.15, 0.2) is 23.9 Å². The first kappa shape index (κ1) is 10.2. The highest BCUT2D eigenvalue weighted by Gasteiger charge is 2.31. The number of fused-ring (bicyclic) bond motifs is 1. The number of methoxy groups -OCH3 is 1. The van der Waals surface area contributed by atoms with E-state index in [4.69, 9.17) is 10.5 Å². The SMILES string of the molecule is COc1ccc2c(c1)C(=O)C(=O)C(N)=C2O. The lowest BCUT2D eigenvalue weighted by atomic mass is 9.92.